The predicted molar refractivity (Wildman–Crippen MR) is 68.8 cm³/mol. The van der Waals surface area contributed by atoms with Gasteiger partial charge in [0.25, 0.3) is 0 Å². The first-order valence-corrected chi connectivity index (χ1v) is 6.21. The van der Waals surface area contributed by atoms with Crippen molar-refractivity contribution in [1.29, 1.82) is 0 Å². The highest BCUT2D eigenvalue weighted by Gasteiger charge is 2.25. The largest absolute Gasteiger partial charge is 0.342 e. The molecule has 94 valence electrons. The second-order valence-corrected chi connectivity index (χ2v) is 4.40. The fraction of sp³-hybridized carbons (Fsp3) is 0.462. The summed E-state index contributed by atoms with van der Waals surface area (Å²) in [5, 5.41) is 3.66. The Kier molecular flexibility index (Phi) is 4.20. The van der Waals surface area contributed by atoms with Gasteiger partial charge in [-0.25, -0.2) is 0 Å². The number of amides is 1. The van der Waals surface area contributed by atoms with Crippen molar-refractivity contribution in [2.24, 2.45) is 5.11 Å². The van der Waals surface area contributed by atoms with Crippen molar-refractivity contribution < 1.29 is 4.79 Å². The molecule has 1 aliphatic heterocycles. The SMILES string of the molecule is [N-]=[N+]=NC(C(=O)N1CCCCC1)c1ccccc1. The molecule has 5 heteroatoms. The molecule has 0 aliphatic carbocycles. The molecule has 5 nitrogen and oxygen atoms in total. The van der Waals surface area contributed by atoms with Crippen molar-refractivity contribution in [1.82, 2.24) is 4.90 Å². The molecule has 0 bridgehead atoms. The molecule has 1 aromatic rings. The van der Waals surface area contributed by atoms with Crippen LogP contribution in [0, 0.1) is 0 Å². The molecule has 0 radical (unpaired) electrons. The van der Waals surface area contributed by atoms with Gasteiger partial charge in [0.1, 0.15) is 6.04 Å². The first-order chi connectivity index (χ1) is 8.83. The van der Waals surface area contributed by atoms with Crippen molar-refractivity contribution >= 4 is 5.91 Å². The van der Waals surface area contributed by atoms with Gasteiger partial charge in [0.15, 0.2) is 0 Å². The molecule has 0 saturated carbocycles. The van der Waals surface area contributed by atoms with E-state index in [0.29, 0.717) is 0 Å². The molecular formula is C13H16N4O. The third kappa shape index (κ3) is 2.81. The fourth-order valence-corrected chi connectivity index (χ4v) is 2.23. The van der Waals surface area contributed by atoms with Crippen LogP contribution in [0.5, 0.6) is 0 Å². The van der Waals surface area contributed by atoms with Crippen molar-refractivity contribution in [2.45, 2.75) is 25.3 Å². The molecule has 1 amide bonds. The summed E-state index contributed by atoms with van der Waals surface area (Å²) in [6.45, 7) is 1.53. The monoisotopic (exact) mass is 244 g/mol. The van der Waals surface area contributed by atoms with Crippen LogP contribution in [0.15, 0.2) is 35.4 Å². The first kappa shape index (κ1) is 12.5. The molecule has 1 aromatic carbocycles. The molecular weight excluding hydrogens is 228 g/mol. The van der Waals surface area contributed by atoms with Crippen LogP contribution >= 0.6 is 0 Å². The van der Waals surface area contributed by atoms with E-state index in [9.17, 15) is 4.79 Å². The summed E-state index contributed by atoms with van der Waals surface area (Å²) in [6, 6.07) is 8.48. The van der Waals surface area contributed by atoms with E-state index in [1.54, 1.807) is 4.90 Å². The number of carbonyl (C=O) groups excluding carboxylic acids is 1. The molecule has 2 rings (SSSR count). The van der Waals surface area contributed by atoms with Gasteiger partial charge >= 0.3 is 0 Å². The van der Waals surface area contributed by atoms with Gasteiger partial charge in [0, 0.05) is 18.0 Å². The average Bonchev–Trinajstić information content (AvgIpc) is 2.46. The van der Waals surface area contributed by atoms with Crippen LogP contribution in [0.2, 0.25) is 0 Å². The van der Waals surface area contributed by atoms with Gasteiger partial charge in [-0.1, -0.05) is 35.4 Å². The van der Waals surface area contributed by atoms with E-state index in [0.717, 1.165) is 31.5 Å². The van der Waals surface area contributed by atoms with Crippen LogP contribution in [0.3, 0.4) is 0 Å². The van der Waals surface area contributed by atoms with Crippen LogP contribution in [-0.4, -0.2) is 23.9 Å². The van der Waals surface area contributed by atoms with Gasteiger partial charge in [-0.15, -0.1) is 0 Å². The number of benzene rings is 1. The maximum atomic E-state index is 12.3. The highest BCUT2D eigenvalue weighted by atomic mass is 16.2. The maximum Gasteiger partial charge on any atom is 0.236 e. The number of likely N-dealkylation sites (tertiary alicyclic amines) is 1. The lowest BCUT2D eigenvalue weighted by molar-refractivity contribution is -0.133. The second-order valence-electron chi connectivity index (χ2n) is 4.40. The highest BCUT2D eigenvalue weighted by molar-refractivity contribution is 5.83. The Morgan fingerprint density at radius 2 is 1.89 bits per heavy atom. The van der Waals surface area contributed by atoms with E-state index in [4.69, 9.17) is 5.53 Å². The maximum absolute atomic E-state index is 12.3. The number of nitrogens with zero attached hydrogens (tertiary/aromatic N) is 4. The van der Waals surface area contributed by atoms with Crippen LogP contribution < -0.4 is 0 Å². The lowest BCUT2D eigenvalue weighted by Gasteiger charge is -2.29. The minimum atomic E-state index is -0.728. The lowest BCUT2D eigenvalue weighted by Crippen LogP contribution is -2.38. The predicted octanol–water partition coefficient (Wildman–Crippen LogP) is 3.05. The Morgan fingerprint density at radius 1 is 1.22 bits per heavy atom. The fourth-order valence-electron chi connectivity index (χ4n) is 2.23. The van der Waals surface area contributed by atoms with E-state index >= 15 is 0 Å². The first-order valence-electron chi connectivity index (χ1n) is 6.21. The lowest BCUT2D eigenvalue weighted by atomic mass is 10.0. The van der Waals surface area contributed by atoms with E-state index in [1.807, 2.05) is 30.3 Å². The van der Waals surface area contributed by atoms with Crippen molar-refractivity contribution in [3.05, 3.63) is 46.3 Å². The molecule has 1 atom stereocenters. The third-order valence-electron chi connectivity index (χ3n) is 3.18. The summed E-state index contributed by atoms with van der Waals surface area (Å²) in [5.74, 6) is -0.0845. The summed E-state index contributed by atoms with van der Waals surface area (Å²) in [7, 11) is 0. The number of azide groups is 1. The van der Waals surface area contributed by atoms with Crippen molar-refractivity contribution in [3.63, 3.8) is 0 Å². The summed E-state index contributed by atoms with van der Waals surface area (Å²) in [6.07, 6.45) is 3.23. The van der Waals surface area contributed by atoms with Crippen LogP contribution in [0.25, 0.3) is 10.4 Å². The minimum absolute atomic E-state index is 0.0845. The Morgan fingerprint density at radius 3 is 2.50 bits per heavy atom. The normalized spacial score (nSPS) is 16.8. The van der Waals surface area contributed by atoms with Crippen LogP contribution in [-0.2, 0) is 4.79 Å². The Labute approximate surface area is 106 Å². The molecule has 0 N–H and O–H groups in total. The number of piperidine rings is 1. The molecule has 1 heterocycles. The molecule has 1 aliphatic rings. The van der Waals surface area contributed by atoms with Gasteiger partial charge in [-0.3, -0.25) is 4.79 Å². The van der Waals surface area contributed by atoms with Gasteiger partial charge in [-0.05, 0) is 30.4 Å². The van der Waals surface area contributed by atoms with Crippen molar-refractivity contribution in [2.75, 3.05) is 13.1 Å². The van der Waals surface area contributed by atoms with Crippen LogP contribution in [0.4, 0.5) is 0 Å². The Hall–Kier alpha value is -2.00. The van der Waals surface area contributed by atoms with Gasteiger partial charge in [-0.2, -0.15) is 0 Å². The third-order valence-corrected chi connectivity index (χ3v) is 3.18. The second kappa shape index (κ2) is 6.07. The molecule has 1 fully saturated rings. The van der Waals surface area contributed by atoms with E-state index in [1.165, 1.54) is 6.42 Å². The molecule has 0 spiro atoms. The summed E-state index contributed by atoms with van der Waals surface area (Å²) in [4.78, 5) is 17.0. The summed E-state index contributed by atoms with van der Waals surface area (Å²) >= 11 is 0. The highest BCUT2D eigenvalue weighted by Crippen LogP contribution is 2.22. The number of carbonyl (C=O) groups is 1. The molecule has 1 unspecified atom stereocenters. The zero-order valence-electron chi connectivity index (χ0n) is 10.2. The number of rotatable bonds is 3. The quantitative estimate of drug-likeness (QED) is 0.457. The van der Waals surface area contributed by atoms with Gasteiger partial charge in [0.05, 0.1) is 0 Å². The zero-order valence-corrected chi connectivity index (χ0v) is 10.2. The van der Waals surface area contributed by atoms with Gasteiger partial charge < -0.3 is 4.90 Å². The summed E-state index contributed by atoms with van der Waals surface area (Å²) < 4.78 is 0. The Balaban J connectivity index is 2.19. The topological polar surface area (TPSA) is 69.1 Å². The Bertz CT molecular complexity index is 447. The van der Waals surface area contributed by atoms with E-state index in [2.05, 4.69) is 10.0 Å². The average molecular weight is 244 g/mol. The number of hydrogen-bond donors (Lipinski definition) is 0. The molecule has 1 saturated heterocycles. The van der Waals surface area contributed by atoms with Crippen LogP contribution in [0.1, 0.15) is 30.9 Å². The van der Waals surface area contributed by atoms with Gasteiger partial charge in [0.2, 0.25) is 5.91 Å². The summed E-state index contributed by atoms with van der Waals surface area (Å²) in [5.41, 5.74) is 9.39. The zero-order chi connectivity index (χ0) is 12.8. The number of hydrogen-bond acceptors (Lipinski definition) is 2. The van der Waals surface area contributed by atoms with Crippen molar-refractivity contribution in [3.8, 4) is 0 Å². The smallest absolute Gasteiger partial charge is 0.236 e. The molecule has 0 aromatic heterocycles. The van der Waals surface area contributed by atoms with E-state index < -0.39 is 6.04 Å². The molecule has 18 heavy (non-hydrogen) atoms. The minimum Gasteiger partial charge on any atom is -0.342 e. The van der Waals surface area contributed by atoms with E-state index in [-0.39, 0.29) is 5.91 Å². The standard InChI is InChI=1S/C13H16N4O/c14-16-15-12(11-7-3-1-4-8-11)13(18)17-9-5-2-6-10-17/h1,3-4,7-8,12H,2,5-6,9-10H2.